The molecule has 0 fully saturated rings. The summed E-state index contributed by atoms with van der Waals surface area (Å²) >= 11 is 0. The lowest BCUT2D eigenvalue weighted by Gasteiger charge is -2.19. The van der Waals surface area contributed by atoms with Gasteiger partial charge in [-0.15, -0.1) is 0 Å². The van der Waals surface area contributed by atoms with Crippen LogP contribution in [-0.4, -0.2) is 50.6 Å². The molecule has 0 aromatic heterocycles. The molecule has 150 valence electrons. The molecule has 0 aliphatic carbocycles. The van der Waals surface area contributed by atoms with Crippen LogP contribution in [0.5, 0.6) is 11.5 Å². The third kappa shape index (κ3) is 6.92. The van der Waals surface area contributed by atoms with Gasteiger partial charge in [0.25, 0.3) is 0 Å². The normalized spacial score (nSPS) is 10.4. The van der Waals surface area contributed by atoms with Gasteiger partial charge in [-0.3, -0.25) is 14.5 Å². The van der Waals surface area contributed by atoms with Crippen molar-refractivity contribution in [1.29, 1.82) is 0 Å². The summed E-state index contributed by atoms with van der Waals surface area (Å²) in [5.41, 5.74) is 1.64. The molecule has 2 aromatic rings. The number of benzene rings is 2. The maximum atomic E-state index is 12.2. The Morgan fingerprint density at radius 2 is 1.61 bits per heavy atom. The number of ether oxygens (including phenoxy) is 2. The lowest BCUT2D eigenvalue weighted by molar-refractivity contribution is -0.123. The van der Waals surface area contributed by atoms with Gasteiger partial charge >= 0.3 is 0 Å². The zero-order valence-electron chi connectivity index (χ0n) is 16.5. The lowest BCUT2D eigenvalue weighted by atomic mass is 10.2. The fraction of sp³-hybridized carbons (Fsp3) is 0.333. The summed E-state index contributed by atoms with van der Waals surface area (Å²) < 4.78 is 10.3. The van der Waals surface area contributed by atoms with E-state index >= 15 is 0 Å². The molecule has 2 aromatic carbocycles. The Morgan fingerprint density at radius 3 is 2.25 bits per heavy atom. The van der Waals surface area contributed by atoms with E-state index in [1.54, 1.807) is 43.4 Å². The highest BCUT2D eigenvalue weighted by molar-refractivity contribution is 5.92. The molecular weight excluding hydrogens is 358 g/mol. The second-order valence-electron chi connectivity index (χ2n) is 6.21. The maximum absolute atomic E-state index is 12.2. The highest BCUT2D eigenvalue weighted by atomic mass is 16.5. The van der Waals surface area contributed by atoms with Gasteiger partial charge in [0, 0.05) is 12.2 Å². The van der Waals surface area contributed by atoms with E-state index in [1.165, 1.54) is 0 Å². The van der Waals surface area contributed by atoms with Crippen LogP contribution in [0.3, 0.4) is 0 Å². The molecular formula is C21H27N3O4. The summed E-state index contributed by atoms with van der Waals surface area (Å²) in [5, 5.41) is 5.69. The standard InChI is InChI=1S/C21H27N3O4/c1-4-24(15-21(26)23-17-8-10-18(27-2)11-9-17)14-20(25)22-13-16-6-5-7-19(12-16)28-3/h5-12H,4,13-15H2,1-3H3,(H,22,25)(H,23,26). The number of anilines is 1. The molecule has 0 heterocycles. The monoisotopic (exact) mass is 385 g/mol. The number of methoxy groups -OCH3 is 2. The predicted octanol–water partition coefficient (Wildman–Crippen LogP) is 2.28. The van der Waals surface area contributed by atoms with Crippen LogP contribution in [0.2, 0.25) is 0 Å². The van der Waals surface area contributed by atoms with Crippen molar-refractivity contribution in [3.63, 3.8) is 0 Å². The number of nitrogens with one attached hydrogen (secondary N) is 2. The molecule has 0 atom stereocenters. The molecule has 0 unspecified atom stereocenters. The zero-order chi connectivity index (χ0) is 20.4. The van der Waals surface area contributed by atoms with Gasteiger partial charge in [0.1, 0.15) is 11.5 Å². The molecule has 7 nitrogen and oxygen atoms in total. The third-order valence-corrected chi connectivity index (χ3v) is 4.18. The van der Waals surface area contributed by atoms with Crippen LogP contribution in [0.25, 0.3) is 0 Å². The Hall–Kier alpha value is -3.06. The Morgan fingerprint density at radius 1 is 0.929 bits per heavy atom. The Kier molecular flexibility index (Phi) is 8.30. The molecule has 2 N–H and O–H groups in total. The van der Waals surface area contributed by atoms with Crippen LogP contribution >= 0.6 is 0 Å². The van der Waals surface area contributed by atoms with Crippen molar-refractivity contribution in [2.45, 2.75) is 13.5 Å². The van der Waals surface area contributed by atoms with Crippen LogP contribution < -0.4 is 20.1 Å². The Labute approximate surface area is 165 Å². The smallest absolute Gasteiger partial charge is 0.238 e. The second-order valence-corrected chi connectivity index (χ2v) is 6.21. The highest BCUT2D eigenvalue weighted by Gasteiger charge is 2.13. The summed E-state index contributed by atoms with van der Waals surface area (Å²) in [6.07, 6.45) is 0. The van der Waals surface area contributed by atoms with Crippen LogP contribution in [0.15, 0.2) is 48.5 Å². The molecule has 2 amide bonds. The second kappa shape index (κ2) is 10.9. The van der Waals surface area contributed by atoms with Crippen LogP contribution in [0, 0.1) is 0 Å². The molecule has 0 bridgehead atoms. The van der Waals surface area contributed by atoms with Crippen molar-refractivity contribution in [3.05, 3.63) is 54.1 Å². The Balaban J connectivity index is 1.79. The zero-order valence-corrected chi connectivity index (χ0v) is 16.5. The van der Waals surface area contributed by atoms with Crippen molar-refractivity contribution < 1.29 is 19.1 Å². The van der Waals surface area contributed by atoms with E-state index in [2.05, 4.69) is 10.6 Å². The van der Waals surface area contributed by atoms with Crippen LogP contribution in [0.1, 0.15) is 12.5 Å². The van der Waals surface area contributed by atoms with E-state index in [0.29, 0.717) is 18.8 Å². The van der Waals surface area contributed by atoms with Crippen molar-refractivity contribution in [3.8, 4) is 11.5 Å². The lowest BCUT2D eigenvalue weighted by Crippen LogP contribution is -2.40. The van der Waals surface area contributed by atoms with Crippen molar-refractivity contribution in [1.82, 2.24) is 10.2 Å². The first kappa shape index (κ1) is 21.2. The number of hydrogen-bond acceptors (Lipinski definition) is 5. The minimum absolute atomic E-state index is 0.134. The number of amides is 2. The number of carbonyl (C=O) groups excluding carboxylic acids is 2. The molecule has 0 spiro atoms. The van der Waals surface area contributed by atoms with Crippen molar-refractivity contribution >= 4 is 17.5 Å². The maximum Gasteiger partial charge on any atom is 0.238 e. The van der Waals surface area contributed by atoms with Gasteiger partial charge in [-0.2, -0.15) is 0 Å². The first-order chi connectivity index (χ1) is 13.5. The molecule has 28 heavy (non-hydrogen) atoms. The summed E-state index contributed by atoms with van der Waals surface area (Å²) in [7, 11) is 3.19. The van der Waals surface area contributed by atoms with Gasteiger partial charge in [-0.05, 0) is 48.5 Å². The van der Waals surface area contributed by atoms with Gasteiger partial charge in [0.15, 0.2) is 0 Å². The van der Waals surface area contributed by atoms with Crippen molar-refractivity contribution in [2.24, 2.45) is 0 Å². The van der Waals surface area contributed by atoms with E-state index in [4.69, 9.17) is 9.47 Å². The number of nitrogens with zero attached hydrogens (tertiary/aromatic N) is 1. The summed E-state index contributed by atoms with van der Waals surface area (Å²) in [6.45, 7) is 3.19. The first-order valence-corrected chi connectivity index (χ1v) is 9.10. The molecule has 0 aliphatic rings. The predicted molar refractivity (Wildman–Crippen MR) is 109 cm³/mol. The minimum atomic E-state index is -0.174. The van der Waals surface area contributed by atoms with Gasteiger partial charge in [0.2, 0.25) is 11.8 Å². The molecule has 0 radical (unpaired) electrons. The number of hydrogen-bond donors (Lipinski definition) is 2. The van der Waals surface area contributed by atoms with E-state index in [0.717, 1.165) is 17.1 Å². The van der Waals surface area contributed by atoms with E-state index in [9.17, 15) is 9.59 Å². The summed E-state index contributed by atoms with van der Waals surface area (Å²) in [5.74, 6) is 1.16. The van der Waals surface area contributed by atoms with Gasteiger partial charge < -0.3 is 20.1 Å². The topological polar surface area (TPSA) is 79.9 Å². The molecule has 2 rings (SSSR count). The SMILES string of the molecule is CCN(CC(=O)NCc1cccc(OC)c1)CC(=O)Nc1ccc(OC)cc1. The molecule has 0 aliphatic heterocycles. The van der Waals surface area contributed by atoms with Crippen LogP contribution in [0.4, 0.5) is 5.69 Å². The van der Waals surface area contributed by atoms with Gasteiger partial charge in [0.05, 0.1) is 27.3 Å². The molecule has 0 saturated heterocycles. The van der Waals surface area contributed by atoms with Crippen LogP contribution in [-0.2, 0) is 16.1 Å². The fourth-order valence-corrected chi connectivity index (χ4v) is 2.60. The Bertz CT molecular complexity index is 777. The molecule has 7 heteroatoms. The van der Waals surface area contributed by atoms with Crippen molar-refractivity contribution in [2.75, 3.05) is 39.2 Å². The first-order valence-electron chi connectivity index (χ1n) is 9.10. The number of rotatable bonds is 10. The average Bonchev–Trinajstić information content (AvgIpc) is 2.72. The van der Waals surface area contributed by atoms with E-state index in [1.807, 2.05) is 31.2 Å². The summed E-state index contributed by atoms with van der Waals surface area (Å²) in [4.78, 5) is 26.2. The van der Waals surface area contributed by atoms with Gasteiger partial charge in [-0.1, -0.05) is 19.1 Å². The fourth-order valence-electron chi connectivity index (χ4n) is 2.60. The quantitative estimate of drug-likeness (QED) is 0.656. The average molecular weight is 385 g/mol. The largest absolute Gasteiger partial charge is 0.497 e. The van der Waals surface area contributed by atoms with E-state index in [-0.39, 0.29) is 24.9 Å². The number of carbonyl (C=O) groups is 2. The van der Waals surface area contributed by atoms with Gasteiger partial charge in [-0.25, -0.2) is 0 Å². The highest BCUT2D eigenvalue weighted by Crippen LogP contribution is 2.15. The minimum Gasteiger partial charge on any atom is -0.497 e. The molecule has 0 saturated carbocycles. The summed E-state index contributed by atoms with van der Waals surface area (Å²) in [6, 6.07) is 14.6. The van der Waals surface area contributed by atoms with E-state index < -0.39 is 0 Å². The third-order valence-electron chi connectivity index (χ3n) is 4.18. The number of likely N-dealkylation sites (N-methyl/N-ethyl adjacent to an activating group) is 1.